The van der Waals surface area contributed by atoms with E-state index in [0.29, 0.717) is 163 Å². The van der Waals surface area contributed by atoms with Gasteiger partial charge in [-0.25, -0.2) is 44.6 Å². The molecule has 0 bridgehead atoms. The summed E-state index contributed by atoms with van der Waals surface area (Å²) in [5.74, 6) is -2.14. The van der Waals surface area contributed by atoms with Crippen LogP contribution in [-0.2, 0) is 42.6 Å². The number of carbonyl (C=O) groups is 2. The maximum absolute atomic E-state index is 15.4. The van der Waals surface area contributed by atoms with Gasteiger partial charge in [0.15, 0.2) is 0 Å². The highest BCUT2D eigenvalue weighted by Crippen LogP contribution is 2.40. The SMILES string of the molecule is CN1Cc2c(C#N)cc(Cl)cc2C(c2cc(S(=O)(=O)N[C@@H]3CCN(CCOCCNC(=O)NCCCCNC(=O)NCCOCCN4CC[C@@H](NS(=O)(=O)c5ccc(F)c(C6CN(C)Cc7c(C#N)cc(Cl)cc76)c5)C4)C3)ccc2F)C1. The molecular weight excluding hydrogens is 1140 g/mol. The lowest BCUT2D eigenvalue weighted by molar-refractivity contribution is 0.113. The number of likely N-dealkylation sites (N-methyl/N-ethyl adjacent to an activating group) is 2. The highest BCUT2D eigenvalue weighted by molar-refractivity contribution is 7.89. The molecule has 4 aromatic rings. The number of likely N-dealkylation sites (tertiary alicyclic amines) is 2. The Morgan fingerprint density at radius 2 is 0.988 bits per heavy atom. The largest absolute Gasteiger partial charge is 0.378 e. The Hall–Kier alpha value is -5.58. The normalized spacial score (nSPS) is 19.7. The van der Waals surface area contributed by atoms with Crippen LogP contribution in [0.1, 0.15) is 82.0 Å². The molecule has 442 valence electrons. The Morgan fingerprint density at radius 1 is 0.585 bits per heavy atom. The summed E-state index contributed by atoms with van der Waals surface area (Å²) in [5.41, 5.74) is 4.16. The first kappa shape index (κ1) is 62.5. The highest BCUT2D eigenvalue weighted by atomic mass is 35.5. The Bertz CT molecular complexity index is 3050. The van der Waals surface area contributed by atoms with Crippen molar-refractivity contribution >= 4 is 55.3 Å². The lowest BCUT2D eigenvalue weighted by Crippen LogP contribution is -2.39. The van der Waals surface area contributed by atoms with Crippen LogP contribution in [0.5, 0.6) is 0 Å². The molecule has 26 heteroatoms. The predicted octanol–water partition coefficient (Wildman–Crippen LogP) is 4.99. The standard InChI is InChI=1S/C56H70Cl2F2N12O8S2/c1-69-33-49-37(29-61)23-39(57)25-45(49)51(35-69)47-27-43(5-7-53(47)59)81(75,76)67-41-9-15-71(31-41)17-21-79-19-13-65-55(73)63-11-3-4-12-64-56(74)66-14-20-80-22-18-72-16-10-42(32-72)68-82(77,78)44-6-8-54(60)48(28-44)52-36-70(2)34-50-38(30-62)24-40(58)26-46(50)52/h5-8,23-28,41-42,51-52,67-68H,3-4,9-22,31-36H2,1-2H3,(H2,63,65,73)(H2,64,66,74)/t41-,42-,51?,52?/m1/s1. The van der Waals surface area contributed by atoms with Crippen molar-refractivity contribution in [1.82, 2.24) is 50.3 Å². The summed E-state index contributed by atoms with van der Waals surface area (Å²) in [6.45, 7) is 7.93. The van der Waals surface area contributed by atoms with Gasteiger partial charge in [-0.3, -0.25) is 9.80 Å². The summed E-state index contributed by atoms with van der Waals surface area (Å²) >= 11 is 12.7. The second-order valence-electron chi connectivity index (χ2n) is 21.2. The molecule has 0 radical (unpaired) electrons. The Labute approximate surface area is 488 Å². The fraction of sp³-hybridized carbons (Fsp3) is 0.500. The van der Waals surface area contributed by atoms with E-state index < -0.39 is 43.5 Å². The monoisotopic (exact) mass is 1210 g/mol. The molecule has 4 amide bonds. The minimum absolute atomic E-state index is 0.0432. The summed E-state index contributed by atoms with van der Waals surface area (Å²) in [6.07, 6.45) is 2.45. The number of nitrogens with one attached hydrogen (secondary N) is 6. The third kappa shape index (κ3) is 16.6. The molecule has 0 spiro atoms. The van der Waals surface area contributed by atoms with Crippen molar-refractivity contribution in [2.45, 2.75) is 72.5 Å². The zero-order valence-electron chi connectivity index (χ0n) is 45.9. The minimum atomic E-state index is -4.00. The molecule has 2 fully saturated rings. The number of ether oxygens (including phenoxy) is 2. The van der Waals surface area contributed by atoms with Gasteiger partial charge in [0.25, 0.3) is 0 Å². The predicted molar refractivity (Wildman–Crippen MR) is 305 cm³/mol. The summed E-state index contributed by atoms with van der Waals surface area (Å²) in [4.78, 5) is 32.6. The zero-order valence-corrected chi connectivity index (χ0v) is 49.1. The number of sulfonamides is 2. The van der Waals surface area contributed by atoms with Gasteiger partial charge in [-0.1, -0.05) is 23.2 Å². The molecule has 2 unspecified atom stereocenters. The lowest BCUT2D eigenvalue weighted by atomic mass is 9.83. The van der Waals surface area contributed by atoms with Crippen molar-refractivity contribution in [3.8, 4) is 12.1 Å². The van der Waals surface area contributed by atoms with E-state index in [-0.39, 0.29) is 58.3 Å². The maximum atomic E-state index is 15.4. The number of hydrogen-bond acceptors (Lipinski definition) is 14. The van der Waals surface area contributed by atoms with Gasteiger partial charge in [0.05, 0.1) is 59.5 Å². The van der Waals surface area contributed by atoms with Crippen LogP contribution in [0.25, 0.3) is 0 Å². The quantitative estimate of drug-likeness (QED) is 0.0479. The second-order valence-corrected chi connectivity index (χ2v) is 25.5. The van der Waals surface area contributed by atoms with Crippen LogP contribution < -0.4 is 30.7 Å². The van der Waals surface area contributed by atoms with E-state index in [0.717, 1.165) is 11.1 Å². The van der Waals surface area contributed by atoms with Crippen LogP contribution in [0, 0.1) is 34.3 Å². The number of rotatable bonds is 25. The Balaban J connectivity index is 0.624. The molecule has 4 aromatic carbocycles. The van der Waals surface area contributed by atoms with Crippen molar-refractivity contribution in [3.05, 3.63) is 127 Å². The van der Waals surface area contributed by atoms with Crippen molar-refractivity contribution in [2.75, 3.05) is 119 Å². The van der Waals surface area contributed by atoms with E-state index in [1.54, 1.807) is 24.3 Å². The average Bonchev–Trinajstić information content (AvgIpc) is 4.22. The summed E-state index contributed by atoms with van der Waals surface area (Å²) in [6, 6.07) is 17.2. The molecule has 4 atom stereocenters. The first-order valence-corrected chi connectivity index (χ1v) is 31.1. The minimum Gasteiger partial charge on any atom is -0.378 e. The average molecular weight is 1210 g/mol. The van der Waals surface area contributed by atoms with E-state index in [1.165, 1.54) is 36.4 Å². The van der Waals surface area contributed by atoms with Crippen LogP contribution in [0.4, 0.5) is 18.4 Å². The molecule has 0 aromatic heterocycles. The number of hydrogen-bond donors (Lipinski definition) is 6. The first-order valence-electron chi connectivity index (χ1n) is 27.4. The van der Waals surface area contributed by atoms with Gasteiger partial charge in [-0.15, -0.1) is 0 Å². The molecule has 8 rings (SSSR count). The molecule has 0 aliphatic carbocycles. The topological polar surface area (TPSA) is 254 Å². The van der Waals surface area contributed by atoms with Crippen LogP contribution >= 0.6 is 23.2 Å². The number of benzene rings is 4. The smallest absolute Gasteiger partial charge is 0.314 e. The van der Waals surface area contributed by atoms with E-state index in [4.69, 9.17) is 32.7 Å². The lowest BCUT2D eigenvalue weighted by Gasteiger charge is -2.33. The highest BCUT2D eigenvalue weighted by Gasteiger charge is 2.34. The Kier molecular flexibility index (Phi) is 21.9. The molecule has 82 heavy (non-hydrogen) atoms. The van der Waals surface area contributed by atoms with E-state index >= 15 is 8.78 Å². The van der Waals surface area contributed by atoms with Gasteiger partial charge in [0, 0.05) is 113 Å². The van der Waals surface area contributed by atoms with Gasteiger partial charge in [0.1, 0.15) is 11.6 Å². The van der Waals surface area contributed by atoms with Crippen molar-refractivity contribution in [1.29, 1.82) is 10.5 Å². The summed E-state index contributed by atoms with van der Waals surface area (Å²) < 4.78 is 102. The third-order valence-corrected chi connectivity index (χ3v) is 18.6. The molecule has 4 aliphatic rings. The van der Waals surface area contributed by atoms with Gasteiger partial charge < -0.3 is 40.5 Å². The van der Waals surface area contributed by atoms with Crippen LogP contribution in [0.15, 0.2) is 70.5 Å². The molecule has 2 saturated heterocycles. The zero-order chi connectivity index (χ0) is 58.6. The molecule has 6 N–H and O–H groups in total. The third-order valence-electron chi connectivity index (χ3n) is 15.2. The maximum Gasteiger partial charge on any atom is 0.314 e. The van der Waals surface area contributed by atoms with Gasteiger partial charge in [-0.05, 0) is 147 Å². The van der Waals surface area contributed by atoms with Crippen LogP contribution in [-0.4, -0.2) is 180 Å². The van der Waals surface area contributed by atoms with Crippen molar-refractivity contribution in [3.63, 3.8) is 0 Å². The fourth-order valence-electron chi connectivity index (χ4n) is 11.1. The van der Waals surface area contributed by atoms with Gasteiger partial charge >= 0.3 is 12.1 Å². The summed E-state index contributed by atoms with van der Waals surface area (Å²) in [5, 5.41) is 31.2. The number of nitrogens with zero attached hydrogens (tertiary/aromatic N) is 6. The van der Waals surface area contributed by atoms with Gasteiger partial charge in [0.2, 0.25) is 20.0 Å². The van der Waals surface area contributed by atoms with Crippen LogP contribution in [0.2, 0.25) is 10.0 Å². The molecule has 4 aliphatic heterocycles. The number of fused-ring (bicyclic) bond motifs is 2. The number of carbonyl (C=O) groups excluding carboxylic acids is 2. The molecular formula is C56H70Cl2F2N12O8S2. The number of urea groups is 2. The van der Waals surface area contributed by atoms with Crippen molar-refractivity contribution in [2.24, 2.45) is 0 Å². The number of amides is 4. The van der Waals surface area contributed by atoms with E-state index in [1.807, 2.05) is 23.9 Å². The van der Waals surface area contributed by atoms with E-state index in [9.17, 15) is 36.9 Å². The number of unbranched alkanes of at least 4 members (excludes halogenated alkanes) is 1. The number of nitriles is 2. The first-order chi connectivity index (χ1) is 39.3. The fourth-order valence-corrected chi connectivity index (χ4v) is 14.2. The van der Waals surface area contributed by atoms with Crippen LogP contribution in [0.3, 0.4) is 0 Å². The molecule has 20 nitrogen and oxygen atoms in total. The van der Waals surface area contributed by atoms with E-state index in [2.05, 4.69) is 52.6 Å². The number of halogens is 4. The van der Waals surface area contributed by atoms with Crippen molar-refractivity contribution < 1.29 is 44.7 Å². The summed E-state index contributed by atoms with van der Waals surface area (Å²) in [7, 11) is -4.26. The Morgan fingerprint density at radius 3 is 1.39 bits per heavy atom. The van der Waals surface area contributed by atoms with Gasteiger partial charge in [-0.2, -0.15) is 10.5 Å². The molecule has 4 heterocycles. The second kappa shape index (κ2) is 28.8. The molecule has 0 saturated carbocycles.